The highest BCUT2D eigenvalue weighted by atomic mass is 35.5. The molecule has 18 heavy (non-hydrogen) atoms. The molecule has 0 amide bonds. The van der Waals surface area contributed by atoms with Gasteiger partial charge in [0, 0.05) is 16.0 Å². The van der Waals surface area contributed by atoms with Crippen LogP contribution >= 0.6 is 23.2 Å². The Morgan fingerprint density at radius 3 is 2.44 bits per heavy atom. The molecule has 2 N–H and O–H groups in total. The zero-order valence-corrected chi connectivity index (χ0v) is 10.4. The fourth-order valence-corrected chi connectivity index (χ4v) is 2.09. The predicted molar refractivity (Wildman–Crippen MR) is 69.4 cm³/mol. The average Bonchev–Trinajstić information content (AvgIpc) is 2.77. The normalized spacial score (nSPS) is 10.4. The van der Waals surface area contributed by atoms with E-state index in [9.17, 15) is 4.79 Å². The molecule has 0 aliphatic heterocycles. The number of halogens is 2. The van der Waals surface area contributed by atoms with Crippen molar-refractivity contribution in [3.8, 4) is 11.3 Å². The average molecular weight is 285 g/mol. The molecule has 2 rings (SSSR count). The van der Waals surface area contributed by atoms with Crippen LogP contribution in [0, 0.1) is 0 Å². The van der Waals surface area contributed by atoms with E-state index in [4.69, 9.17) is 37.7 Å². The molecule has 0 unspecified atom stereocenters. The Balaban J connectivity index is 2.56. The molecule has 1 aromatic heterocycles. The van der Waals surface area contributed by atoms with Gasteiger partial charge in [-0.25, -0.2) is 0 Å². The van der Waals surface area contributed by atoms with Gasteiger partial charge in [-0.3, -0.25) is 4.79 Å². The molecule has 0 radical (unpaired) electrons. The summed E-state index contributed by atoms with van der Waals surface area (Å²) in [5.41, 5.74) is 0.539. The minimum atomic E-state index is -1.71. The Hall–Kier alpha value is -1.27. The lowest BCUT2D eigenvalue weighted by atomic mass is 9.79. The molecule has 2 aromatic rings. The minimum absolute atomic E-state index is 0.111. The second-order valence-corrected chi connectivity index (χ2v) is 4.36. The van der Waals surface area contributed by atoms with E-state index in [1.165, 1.54) is 18.2 Å². The Bertz CT molecular complexity index is 595. The first-order chi connectivity index (χ1) is 8.52. The largest absolute Gasteiger partial charge is 0.489 e. The Morgan fingerprint density at radius 1 is 1.17 bits per heavy atom. The maximum Gasteiger partial charge on any atom is 0.489 e. The third-order valence-corrected chi connectivity index (χ3v) is 3.01. The maximum absolute atomic E-state index is 10.5. The number of rotatable bonds is 3. The fourth-order valence-electron chi connectivity index (χ4n) is 1.51. The van der Waals surface area contributed by atoms with Gasteiger partial charge in [0.25, 0.3) is 0 Å². The van der Waals surface area contributed by atoms with Gasteiger partial charge in [-0.15, -0.1) is 0 Å². The highest BCUT2D eigenvalue weighted by molar-refractivity contribution is 6.63. The van der Waals surface area contributed by atoms with Gasteiger partial charge in [0.2, 0.25) is 0 Å². The molecule has 1 heterocycles. The van der Waals surface area contributed by atoms with E-state index in [-0.39, 0.29) is 21.3 Å². The first-order valence-corrected chi connectivity index (χ1v) is 5.69. The van der Waals surface area contributed by atoms with Crippen molar-refractivity contribution in [2.24, 2.45) is 0 Å². The van der Waals surface area contributed by atoms with Crippen LogP contribution in [0.1, 0.15) is 10.6 Å². The monoisotopic (exact) mass is 284 g/mol. The van der Waals surface area contributed by atoms with E-state index in [1.54, 1.807) is 6.07 Å². The highest BCUT2D eigenvalue weighted by Gasteiger charge is 2.19. The van der Waals surface area contributed by atoms with Crippen LogP contribution < -0.4 is 5.46 Å². The summed E-state index contributed by atoms with van der Waals surface area (Å²) in [7, 11) is -1.71. The molecule has 7 heteroatoms. The molecular formula is C11H7BCl2O4. The Kier molecular flexibility index (Phi) is 3.78. The molecule has 0 fully saturated rings. The minimum Gasteiger partial charge on any atom is -0.453 e. The smallest absolute Gasteiger partial charge is 0.453 e. The summed E-state index contributed by atoms with van der Waals surface area (Å²) >= 11 is 11.8. The summed E-state index contributed by atoms with van der Waals surface area (Å²) in [6.45, 7) is 0. The fraction of sp³-hybridized carbons (Fsp3) is 0. The molecule has 0 aliphatic rings. The molecule has 0 aliphatic carbocycles. The van der Waals surface area contributed by atoms with Crippen molar-refractivity contribution >= 4 is 42.1 Å². The number of benzene rings is 1. The molecule has 0 bridgehead atoms. The summed E-state index contributed by atoms with van der Waals surface area (Å²) in [5, 5.41) is 18.7. The number of aldehydes is 1. The lowest BCUT2D eigenvalue weighted by molar-refractivity contribution is 0.110. The van der Waals surface area contributed by atoms with Crippen LogP contribution in [-0.4, -0.2) is 23.5 Å². The van der Waals surface area contributed by atoms with Gasteiger partial charge >= 0.3 is 7.12 Å². The van der Waals surface area contributed by atoms with Crippen LogP contribution in [0.5, 0.6) is 0 Å². The number of hydrogen-bond donors (Lipinski definition) is 2. The topological polar surface area (TPSA) is 70.7 Å². The quantitative estimate of drug-likeness (QED) is 0.665. The second kappa shape index (κ2) is 5.16. The third kappa shape index (κ3) is 2.44. The van der Waals surface area contributed by atoms with Crippen molar-refractivity contribution in [2.75, 3.05) is 0 Å². The number of carbonyl (C=O) groups is 1. The molecule has 4 nitrogen and oxygen atoms in total. The van der Waals surface area contributed by atoms with Crippen LogP contribution in [0.15, 0.2) is 28.7 Å². The van der Waals surface area contributed by atoms with Gasteiger partial charge < -0.3 is 14.5 Å². The van der Waals surface area contributed by atoms with Crippen molar-refractivity contribution in [2.45, 2.75) is 0 Å². The van der Waals surface area contributed by atoms with E-state index in [0.29, 0.717) is 17.6 Å². The van der Waals surface area contributed by atoms with Crippen LogP contribution in [0.2, 0.25) is 10.0 Å². The van der Waals surface area contributed by atoms with E-state index in [1.807, 2.05) is 0 Å². The van der Waals surface area contributed by atoms with E-state index in [2.05, 4.69) is 0 Å². The van der Waals surface area contributed by atoms with Gasteiger partial charge in [0.1, 0.15) is 5.76 Å². The third-order valence-electron chi connectivity index (χ3n) is 2.37. The van der Waals surface area contributed by atoms with E-state index in [0.717, 1.165) is 0 Å². The maximum atomic E-state index is 10.5. The SMILES string of the molecule is O=Cc1ccc(-c2cc(B(O)O)c(Cl)cc2Cl)o1. The van der Waals surface area contributed by atoms with E-state index >= 15 is 0 Å². The molecule has 0 saturated carbocycles. The van der Waals surface area contributed by atoms with Crippen molar-refractivity contribution in [3.63, 3.8) is 0 Å². The highest BCUT2D eigenvalue weighted by Crippen LogP contribution is 2.30. The number of carbonyl (C=O) groups excluding carboxylic acids is 1. The Morgan fingerprint density at radius 2 is 1.89 bits per heavy atom. The van der Waals surface area contributed by atoms with Crippen molar-refractivity contribution in [1.82, 2.24) is 0 Å². The number of hydrogen-bond acceptors (Lipinski definition) is 4. The second-order valence-electron chi connectivity index (χ2n) is 3.55. The van der Waals surface area contributed by atoms with Crippen LogP contribution in [0.4, 0.5) is 0 Å². The first-order valence-electron chi connectivity index (χ1n) is 4.93. The summed E-state index contributed by atoms with van der Waals surface area (Å²) in [6, 6.07) is 5.84. The van der Waals surface area contributed by atoms with Crippen LogP contribution in [0.25, 0.3) is 11.3 Å². The molecule has 0 spiro atoms. The lowest BCUT2D eigenvalue weighted by Crippen LogP contribution is -2.30. The van der Waals surface area contributed by atoms with Gasteiger partial charge in [0.15, 0.2) is 12.0 Å². The van der Waals surface area contributed by atoms with Gasteiger partial charge in [-0.1, -0.05) is 23.2 Å². The molecule has 1 aromatic carbocycles. The summed E-state index contributed by atoms with van der Waals surface area (Å²) in [5.74, 6) is 0.503. The first kappa shape index (κ1) is 13.2. The van der Waals surface area contributed by atoms with Crippen molar-refractivity contribution in [1.29, 1.82) is 0 Å². The van der Waals surface area contributed by atoms with Gasteiger partial charge in [0.05, 0.1) is 5.02 Å². The molecule has 0 saturated heterocycles. The van der Waals surface area contributed by atoms with Gasteiger partial charge in [-0.2, -0.15) is 0 Å². The molecule has 92 valence electrons. The lowest BCUT2D eigenvalue weighted by Gasteiger charge is -2.07. The van der Waals surface area contributed by atoms with Crippen LogP contribution in [0.3, 0.4) is 0 Å². The summed E-state index contributed by atoms with van der Waals surface area (Å²) in [6.07, 6.45) is 0.565. The summed E-state index contributed by atoms with van der Waals surface area (Å²) in [4.78, 5) is 10.5. The molecule has 0 atom stereocenters. The van der Waals surface area contributed by atoms with Crippen molar-refractivity contribution < 1.29 is 19.3 Å². The summed E-state index contributed by atoms with van der Waals surface area (Å²) < 4.78 is 5.22. The van der Waals surface area contributed by atoms with Crippen molar-refractivity contribution in [3.05, 3.63) is 40.1 Å². The predicted octanol–water partition coefficient (Wildman–Crippen LogP) is 1.75. The zero-order valence-electron chi connectivity index (χ0n) is 8.93. The van der Waals surface area contributed by atoms with E-state index < -0.39 is 7.12 Å². The standard InChI is InChI=1S/C11H7BCl2O4/c13-9-4-10(14)8(12(16)17)3-7(9)11-2-1-6(5-15)18-11/h1-5,16-17H. The van der Waals surface area contributed by atoms with Crippen LogP contribution in [-0.2, 0) is 0 Å². The molecular weight excluding hydrogens is 278 g/mol. The zero-order chi connectivity index (χ0) is 13.3. The van der Waals surface area contributed by atoms with Gasteiger partial charge in [-0.05, 0) is 24.3 Å². The number of furan rings is 1. The Labute approximate surface area is 113 Å².